The Balaban J connectivity index is 3.79. The number of hydrogen-bond donors (Lipinski definition) is 1. The molecule has 0 bridgehead atoms. The maximum atomic E-state index is 11.7. The van der Waals surface area contributed by atoms with Gasteiger partial charge in [-0.2, -0.15) is 11.8 Å². The summed E-state index contributed by atoms with van der Waals surface area (Å²) in [6.45, 7) is 6.86. The molecule has 0 aromatic heterocycles. The van der Waals surface area contributed by atoms with E-state index in [4.69, 9.17) is 9.47 Å². The summed E-state index contributed by atoms with van der Waals surface area (Å²) in [6.07, 6.45) is 2.83. The van der Waals surface area contributed by atoms with Gasteiger partial charge in [0.25, 0.3) is 0 Å². The van der Waals surface area contributed by atoms with Crippen LogP contribution in [0.5, 0.6) is 0 Å². The molecular formula is C17H27NO7S. The van der Waals surface area contributed by atoms with E-state index in [2.05, 4.69) is 16.6 Å². The number of amides is 1. The van der Waals surface area contributed by atoms with Crippen LogP contribution in [0, 0.1) is 0 Å². The number of rotatable bonds is 13. The topological polar surface area (TPSA) is 108 Å². The van der Waals surface area contributed by atoms with Crippen LogP contribution in [-0.2, 0) is 33.4 Å². The number of ether oxygens (including phenoxy) is 3. The average Bonchev–Trinajstić information content (AvgIpc) is 2.55. The number of esters is 3. The number of carbonyl (C=O) groups excluding carboxylic acids is 4. The van der Waals surface area contributed by atoms with Gasteiger partial charge in [-0.3, -0.25) is 14.4 Å². The van der Waals surface area contributed by atoms with Crippen LogP contribution in [0.15, 0.2) is 12.7 Å². The predicted molar refractivity (Wildman–Crippen MR) is 97.5 cm³/mol. The molecule has 0 aliphatic rings. The molecule has 0 heterocycles. The van der Waals surface area contributed by atoms with Crippen molar-refractivity contribution in [1.29, 1.82) is 0 Å². The number of hydrogen-bond acceptors (Lipinski definition) is 8. The summed E-state index contributed by atoms with van der Waals surface area (Å²) in [6, 6.07) is 0. The molecule has 0 radical (unpaired) electrons. The summed E-state index contributed by atoms with van der Waals surface area (Å²) in [4.78, 5) is 45.5. The van der Waals surface area contributed by atoms with Crippen LogP contribution in [0.2, 0.25) is 0 Å². The highest BCUT2D eigenvalue weighted by molar-refractivity contribution is 7.98. The summed E-state index contributed by atoms with van der Waals surface area (Å²) in [5.74, 6) is -1.25. The van der Waals surface area contributed by atoms with Crippen LogP contribution in [0.3, 0.4) is 0 Å². The van der Waals surface area contributed by atoms with Gasteiger partial charge in [0.1, 0.15) is 18.8 Å². The van der Waals surface area contributed by atoms with Gasteiger partial charge in [0.15, 0.2) is 0 Å². The van der Waals surface area contributed by atoms with Gasteiger partial charge in [-0.25, -0.2) is 4.79 Å². The fourth-order valence-corrected chi connectivity index (χ4v) is 2.53. The van der Waals surface area contributed by atoms with E-state index in [9.17, 15) is 19.2 Å². The third-order valence-electron chi connectivity index (χ3n) is 2.85. The lowest BCUT2D eigenvalue weighted by Crippen LogP contribution is -2.33. The van der Waals surface area contributed by atoms with E-state index in [1.54, 1.807) is 11.8 Å². The quantitative estimate of drug-likeness (QED) is 0.217. The Hall–Kier alpha value is -2.03. The number of carbonyl (C=O) groups is 4. The fraction of sp³-hybridized carbons (Fsp3) is 0.647. The lowest BCUT2D eigenvalue weighted by Gasteiger charge is -2.24. The minimum absolute atomic E-state index is 0.0572. The second kappa shape index (κ2) is 13.2. The largest absolute Gasteiger partial charge is 0.462 e. The first-order valence-corrected chi connectivity index (χ1v) is 9.52. The van der Waals surface area contributed by atoms with E-state index in [0.717, 1.165) is 6.08 Å². The van der Waals surface area contributed by atoms with Gasteiger partial charge in [0.05, 0.1) is 12.8 Å². The second-order valence-electron chi connectivity index (χ2n) is 5.86. The Morgan fingerprint density at radius 1 is 1.04 bits per heavy atom. The summed E-state index contributed by atoms with van der Waals surface area (Å²) >= 11 is 1.58. The van der Waals surface area contributed by atoms with Crippen molar-refractivity contribution in [2.24, 2.45) is 0 Å². The van der Waals surface area contributed by atoms with Crippen LogP contribution in [-0.4, -0.2) is 61.2 Å². The van der Waals surface area contributed by atoms with Crippen molar-refractivity contribution in [3.05, 3.63) is 12.7 Å². The first-order chi connectivity index (χ1) is 12.2. The second-order valence-corrected chi connectivity index (χ2v) is 6.72. The zero-order valence-corrected chi connectivity index (χ0v) is 16.3. The molecule has 0 saturated carbocycles. The smallest absolute Gasteiger partial charge is 0.330 e. The van der Waals surface area contributed by atoms with Gasteiger partial charge < -0.3 is 19.5 Å². The van der Waals surface area contributed by atoms with E-state index in [1.165, 1.54) is 0 Å². The lowest BCUT2D eigenvalue weighted by molar-refractivity contribution is -0.154. The Morgan fingerprint density at radius 3 is 2.31 bits per heavy atom. The van der Waals surface area contributed by atoms with Crippen LogP contribution < -0.4 is 5.32 Å². The molecule has 0 spiro atoms. The molecule has 0 rings (SSSR count). The number of thioether (sulfide) groups is 1. The van der Waals surface area contributed by atoms with Crippen molar-refractivity contribution >= 4 is 35.6 Å². The SMILES string of the molecule is C=CC(=O)OCCOC(=O)CCC(=O)NCCC(=O)OC(C)(C)CSC. The average molecular weight is 389 g/mol. The Kier molecular flexibility index (Phi) is 12.2. The molecule has 0 fully saturated rings. The first-order valence-electron chi connectivity index (χ1n) is 8.12. The molecule has 148 valence electrons. The summed E-state index contributed by atoms with van der Waals surface area (Å²) in [7, 11) is 0. The normalized spacial score (nSPS) is 10.6. The van der Waals surface area contributed by atoms with Crippen molar-refractivity contribution in [2.45, 2.75) is 38.7 Å². The molecule has 26 heavy (non-hydrogen) atoms. The van der Waals surface area contributed by atoms with Crippen molar-refractivity contribution in [1.82, 2.24) is 5.32 Å². The molecule has 0 aliphatic carbocycles. The van der Waals surface area contributed by atoms with E-state index >= 15 is 0 Å². The van der Waals surface area contributed by atoms with Crippen molar-refractivity contribution in [2.75, 3.05) is 31.8 Å². The minimum atomic E-state index is -0.601. The molecule has 0 saturated heterocycles. The summed E-state index contributed by atoms with van der Waals surface area (Å²) < 4.78 is 14.7. The minimum Gasteiger partial charge on any atom is -0.462 e. The van der Waals surface area contributed by atoms with Crippen molar-refractivity contribution in [3.63, 3.8) is 0 Å². The highest BCUT2D eigenvalue weighted by atomic mass is 32.2. The molecule has 0 aromatic rings. The summed E-state index contributed by atoms with van der Waals surface area (Å²) in [5.41, 5.74) is -0.551. The maximum Gasteiger partial charge on any atom is 0.330 e. The van der Waals surface area contributed by atoms with Gasteiger partial charge in [0.2, 0.25) is 5.91 Å². The molecule has 1 N–H and O–H groups in total. The molecular weight excluding hydrogens is 362 g/mol. The number of nitrogens with one attached hydrogen (secondary N) is 1. The van der Waals surface area contributed by atoms with Crippen LogP contribution in [0.25, 0.3) is 0 Å². The molecule has 0 aromatic carbocycles. The van der Waals surface area contributed by atoms with E-state index in [-0.39, 0.29) is 44.9 Å². The first kappa shape index (κ1) is 24.0. The third-order valence-corrected chi connectivity index (χ3v) is 3.83. The van der Waals surface area contributed by atoms with Gasteiger partial charge in [-0.05, 0) is 20.1 Å². The van der Waals surface area contributed by atoms with Crippen LogP contribution >= 0.6 is 11.8 Å². The van der Waals surface area contributed by atoms with Crippen molar-refractivity contribution < 1.29 is 33.4 Å². The van der Waals surface area contributed by atoms with Gasteiger partial charge in [0, 0.05) is 24.8 Å². The van der Waals surface area contributed by atoms with E-state index in [0.29, 0.717) is 5.75 Å². The third kappa shape index (κ3) is 13.3. The molecule has 1 amide bonds. The highest BCUT2D eigenvalue weighted by Crippen LogP contribution is 2.15. The van der Waals surface area contributed by atoms with Crippen LogP contribution in [0.4, 0.5) is 0 Å². The zero-order chi connectivity index (χ0) is 20.0. The summed E-state index contributed by atoms with van der Waals surface area (Å²) in [5, 5.41) is 2.54. The van der Waals surface area contributed by atoms with Crippen LogP contribution in [0.1, 0.15) is 33.1 Å². The standard InChI is InChI=1S/C17H27NO7S/c1-5-14(20)23-10-11-24-15(21)7-6-13(19)18-9-8-16(22)25-17(2,3)12-26-4/h5H,1,6-12H2,2-4H3,(H,18,19). The van der Waals surface area contributed by atoms with Gasteiger partial charge >= 0.3 is 17.9 Å². The van der Waals surface area contributed by atoms with Gasteiger partial charge in [-0.15, -0.1) is 0 Å². The Bertz CT molecular complexity index is 505. The van der Waals surface area contributed by atoms with E-state index in [1.807, 2.05) is 20.1 Å². The van der Waals surface area contributed by atoms with E-state index < -0.39 is 23.5 Å². The molecule has 9 heteroatoms. The Morgan fingerprint density at radius 2 is 1.69 bits per heavy atom. The molecule has 0 unspecified atom stereocenters. The fourth-order valence-electron chi connectivity index (χ4n) is 1.77. The zero-order valence-electron chi connectivity index (χ0n) is 15.5. The lowest BCUT2D eigenvalue weighted by atomic mass is 10.2. The Labute approximate surface area is 158 Å². The molecule has 0 aliphatic heterocycles. The van der Waals surface area contributed by atoms with Crippen molar-refractivity contribution in [3.8, 4) is 0 Å². The predicted octanol–water partition coefficient (Wildman–Crippen LogP) is 1.23. The maximum absolute atomic E-state index is 11.7. The monoisotopic (exact) mass is 389 g/mol. The highest BCUT2D eigenvalue weighted by Gasteiger charge is 2.22. The molecule has 8 nitrogen and oxygen atoms in total. The van der Waals surface area contributed by atoms with Gasteiger partial charge in [-0.1, -0.05) is 6.58 Å². The molecule has 0 atom stereocenters.